The van der Waals surface area contributed by atoms with E-state index in [1.165, 1.54) is 55.1 Å². The van der Waals surface area contributed by atoms with Crippen LogP contribution in [0.15, 0.2) is 296 Å². The van der Waals surface area contributed by atoms with Crippen LogP contribution in [-0.4, -0.2) is 0 Å². The van der Waals surface area contributed by atoms with E-state index in [2.05, 4.69) is 296 Å². The molecule has 370 valence electrons. The summed E-state index contributed by atoms with van der Waals surface area (Å²) >= 11 is 0. The van der Waals surface area contributed by atoms with Crippen LogP contribution in [0.25, 0.3) is 76.9 Å². The molecule has 1 aliphatic heterocycles. The summed E-state index contributed by atoms with van der Waals surface area (Å²) in [5, 5.41) is 6.89. The van der Waals surface area contributed by atoms with Crippen molar-refractivity contribution in [3.8, 4) is 44.9 Å². The standard InChI is InChI=1S/C76H49NO2/c1-3-21-51(22-4-1)73(52-23-5-2-6-24-52)54-26-17-25-53(46-54)49-40-43-55(44-41-49)77(69-36-19-39-72-74(69)63-30-11-15-37-70(63)78-72)56-47-64(59-32-18-31-58-57-27-8-7-20-50(57)42-45-60(58)59)75-68(48-56)76(67-35-14-16-38-71(67)79-75)65-33-12-9-28-61(65)62-29-10-13-34-66(62)76/h1-48,73H. The molecule has 0 saturated carbocycles. The number of fused-ring (bicyclic) bond motifs is 15. The van der Waals surface area contributed by atoms with Gasteiger partial charge < -0.3 is 14.1 Å². The fourth-order valence-electron chi connectivity index (χ4n) is 13.5. The lowest BCUT2D eigenvalue weighted by molar-refractivity contribution is 0.438. The summed E-state index contributed by atoms with van der Waals surface area (Å²) in [4.78, 5) is 2.45. The third kappa shape index (κ3) is 6.93. The lowest BCUT2D eigenvalue weighted by Gasteiger charge is -2.41. The molecule has 3 nitrogen and oxygen atoms in total. The lowest BCUT2D eigenvalue weighted by atomic mass is 9.65. The summed E-state index contributed by atoms with van der Waals surface area (Å²) in [6.07, 6.45) is 0. The van der Waals surface area contributed by atoms with Gasteiger partial charge in [0.2, 0.25) is 0 Å². The van der Waals surface area contributed by atoms with Gasteiger partial charge in [0, 0.05) is 39.4 Å². The van der Waals surface area contributed by atoms with Crippen LogP contribution in [-0.2, 0) is 5.41 Å². The number of anilines is 3. The van der Waals surface area contributed by atoms with Crippen molar-refractivity contribution < 1.29 is 9.15 Å². The molecule has 0 saturated heterocycles. The number of ether oxygens (including phenoxy) is 1. The maximum absolute atomic E-state index is 7.49. The van der Waals surface area contributed by atoms with Crippen LogP contribution in [0.2, 0.25) is 0 Å². The highest BCUT2D eigenvalue weighted by atomic mass is 16.5. The minimum absolute atomic E-state index is 0.0825. The molecule has 0 unspecified atom stereocenters. The first-order valence-corrected chi connectivity index (χ1v) is 27.3. The van der Waals surface area contributed by atoms with Gasteiger partial charge in [0.1, 0.15) is 22.7 Å². The van der Waals surface area contributed by atoms with Crippen molar-refractivity contribution in [3.63, 3.8) is 0 Å². The largest absolute Gasteiger partial charge is 0.456 e. The molecule has 0 N–H and O–H groups in total. The smallest absolute Gasteiger partial charge is 0.140 e. The molecule has 0 radical (unpaired) electrons. The minimum atomic E-state index is -0.731. The zero-order valence-corrected chi connectivity index (χ0v) is 43.1. The van der Waals surface area contributed by atoms with Crippen LogP contribution in [0.5, 0.6) is 11.5 Å². The normalized spacial score (nSPS) is 12.9. The van der Waals surface area contributed by atoms with E-state index in [4.69, 9.17) is 9.15 Å². The molecule has 16 rings (SSSR count). The quantitative estimate of drug-likeness (QED) is 0.112. The lowest BCUT2D eigenvalue weighted by Crippen LogP contribution is -2.32. The summed E-state index contributed by atoms with van der Waals surface area (Å²) in [6, 6.07) is 106. The molecule has 1 spiro atoms. The number of hydrogen-bond donors (Lipinski definition) is 0. The fourth-order valence-corrected chi connectivity index (χ4v) is 13.5. The van der Waals surface area contributed by atoms with Gasteiger partial charge in [0.15, 0.2) is 0 Å². The highest BCUT2D eigenvalue weighted by Gasteiger charge is 2.52. The van der Waals surface area contributed by atoms with Gasteiger partial charge in [0.25, 0.3) is 0 Å². The van der Waals surface area contributed by atoms with E-state index in [0.29, 0.717) is 0 Å². The second-order valence-electron chi connectivity index (χ2n) is 21.0. The zero-order valence-electron chi connectivity index (χ0n) is 43.1. The van der Waals surface area contributed by atoms with Gasteiger partial charge in [-0.2, -0.15) is 0 Å². The number of benzene rings is 13. The van der Waals surface area contributed by atoms with Crippen molar-refractivity contribution in [1.82, 2.24) is 0 Å². The van der Waals surface area contributed by atoms with Crippen LogP contribution < -0.4 is 9.64 Å². The van der Waals surface area contributed by atoms with Gasteiger partial charge in [-0.15, -0.1) is 0 Å². The third-order valence-corrected chi connectivity index (χ3v) is 16.8. The van der Waals surface area contributed by atoms with Crippen molar-refractivity contribution in [2.45, 2.75) is 11.3 Å². The maximum atomic E-state index is 7.49. The Hall–Kier alpha value is -10.2. The number of rotatable bonds is 8. The maximum Gasteiger partial charge on any atom is 0.140 e. The van der Waals surface area contributed by atoms with E-state index in [9.17, 15) is 0 Å². The van der Waals surface area contributed by atoms with E-state index in [-0.39, 0.29) is 5.92 Å². The first kappa shape index (κ1) is 45.0. The van der Waals surface area contributed by atoms with Gasteiger partial charge in [-0.25, -0.2) is 0 Å². The fraction of sp³-hybridized carbons (Fsp3) is 0.0263. The van der Waals surface area contributed by atoms with Gasteiger partial charge in [-0.3, -0.25) is 0 Å². The molecule has 14 aromatic rings. The highest BCUT2D eigenvalue weighted by molar-refractivity contribution is 6.15. The molecular weight excluding hydrogens is 959 g/mol. The van der Waals surface area contributed by atoms with Gasteiger partial charge in [-0.1, -0.05) is 243 Å². The Bertz CT molecular complexity index is 4620. The van der Waals surface area contributed by atoms with Crippen molar-refractivity contribution in [2.24, 2.45) is 0 Å². The average Bonchev–Trinajstić information content (AvgIpc) is 4.15. The van der Waals surface area contributed by atoms with E-state index >= 15 is 0 Å². The van der Waals surface area contributed by atoms with Crippen LogP contribution >= 0.6 is 0 Å². The van der Waals surface area contributed by atoms with Crippen molar-refractivity contribution in [3.05, 3.63) is 330 Å². The van der Waals surface area contributed by atoms with Crippen LogP contribution in [0.3, 0.4) is 0 Å². The Morgan fingerprint density at radius 1 is 0.329 bits per heavy atom. The molecule has 0 atom stereocenters. The van der Waals surface area contributed by atoms with Gasteiger partial charge >= 0.3 is 0 Å². The van der Waals surface area contributed by atoms with Crippen molar-refractivity contribution in [1.29, 1.82) is 0 Å². The molecule has 1 aromatic heterocycles. The topological polar surface area (TPSA) is 25.6 Å². The Balaban J connectivity index is 0.970. The van der Waals surface area contributed by atoms with Gasteiger partial charge in [-0.05, 0) is 126 Å². The molecule has 13 aromatic carbocycles. The van der Waals surface area contributed by atoms with Crippen LogP contribution in [0, 0.1) is 0 Å². The van der Waals surface area contributed by atoms with E-state index < -0.39 is 5.41 Å². The summed E-state index contributed by atoms with van der Waals surface area (Å²) < 4.78 is 14.2. The van der Waals surface area contributed by atoms with Gasteiger partial charge in [0.05, 0.1) is 16.5 Å². The van der Waals surface area contributed by atoms with Crippen LogP contribution in [0.1, 0.15) is 44.9 Å². The number of nitrogens with zero attached hydrogens (tertiary/aromatic N) is 1. The minimum Gasteiger partial charge on any atom is -0.456 e. The molecule has 79 heavy (non-hydrogen) atoms. The molecule has 3 heteroatoms. The van der Waals surface area contributed by atoms with Crippen molar-refractivity contribution in [2.75, 3.05) is 4.90 Å². The molecule has 0 bridgehead atoms. The van der Waals surface area contributed by atoms with Crippen molar-refractivity contribution >= 4 is 60.5 Å². The average molecular weight is 1010 g/mol. The van der Waals surface area contributed by atoms with E-state index in [0.717, 1.165) is 89.3 Å². The summed E-state index contributed by atoms with van der Waals surface area (Å²) in [6.45, 7) is 0. The van der Waals surface area contributed by atoms with E-state index in [1.54, 1.807) is 0 Å². The Morgan fingerprint density at radius 2 is 0.924 bits per heavy atom. The molecule has 2 heterocycles. The summed E-state index contributed by atoms with van der Waals surface area (Å²) in [7, 11) is 0. The molecule has 1 aliphatic carbocycles. The van der Waals surface area contributed by atoms with Crippen LogP contribution in [0.4, 0.5) is 17.1 Å². The Labute approximate surface area is 458 Å². The first-order valence-electron chi connectivity index (χ1n) is 27.3. The Kier molecular flexibility index (Phi) is 10.2. The molecule has 0 fully saturated rings. The summed E-state index contributed by atoms with van der Waals surface area (Å²) in [5.74, 6) is 1.78. The molecular formula is C76H49NO2. The number of para-hydroxylation sites is 2. The summed E-state index contributed by atoms with van der Waals surface area (Å²) in [5.41, 5.74) is 19.3. The predicted molar refractivity (Wildman–Crippen MR) is 325 cm³/mol. The predicted octanol–water partition coefficient (Wildman–Crippen LogP) is 20.3. The second-order valence-corrected chi connectivity index (χ2v) is 21.0. The van der Waals surface area contributed by atoms with E-state index in [1.807, 2.05) is 0 Å². The number of hydrogen-bond acceptors (Lipinski definition) is 3. The number of furan rings is 1. The highest BCUT2D eigenvalue weighted by Crippen LogP contribution is 2.64. The molecule has 0 amide bonds. The SMILES string of the molecule is c1ccc(C(c2ccccc2)c2cccc(-c3ccc(N(c4cc(-c5cccc6c5ccc5ccccc56)c5c(c4)C4(c6ccccc6O5)c5ccccc5-c5ccccc54)c4cccc5oc6ccccc6c45)cc3)c2)cc1. The Morgan fingerprint density at radius 3 is 1.70 bits per heavy atom. The second kappa shape index (κ2) is 17.9. The first-order chi connectivity index (χ1) is 39.2. The zero-order chi connectivity index (χ0) is 52.0. The third-order valence-electron chi connectivity index (χ3n) is 16.8. The monoisotopic (exact) mass is 1010 g/mol. The molecule has 2 aliphatic rings.